The number of fused-ring (bicyclic) bond motifs is 1. The molecule has 0 N–H and O–H groups in total. The van der Waals surface area contributed by atoms with Gasteiger partial charge in [0.15, 0.2) is 5.90 Å². The van der Waals surface area contributed by atoms with Gasteiger partial charge in [-0.05, 0) is 23.8 Å². The van der Waals surface area contributed by atoms with Gasteiger partial charge >= 0.3 is 0 Å². The van der Waals surface area contributed by atoms with Crippen molar-refractivity contribution < 1.29 is 4.74 Å². The van der Waals surface area contributed by atoms with Crippen LogP contribution in [-0.4, -0.2) is 5.90 Å². The predicted molar refractivity (Wildman–Crippen MR) is 79.2 cm³/mol. The molecule has 0 spiro atoms. The summed E-state index contributed by atoms with van der Waals surface area (Å²) in [7, 11) is 0. The van der Waals surface area contributed by atoms with Gasteiger partial charge in [-0.25, -0.2) is 4.99 Å². The van der Waals surface area contributed by atoms with Gasteiger partial charge in [0, 0.05) is 12.0 Å². The van der Waals surface area contributed by atoms with Crippen molar-refractivity contribution in [2.45, 2.75) is 13.3 Å². The monoisotopic (exact) mass is 249 g/mol. The molecule has 0 unspecified atom stereocenters. The molecular weight excluding hydrogens is 234 g/mol. The number of nitrogens with zero attached hydrogens (tertiary/aromatic N) is 1. The maximum atomic E-state index is 5.88. The highest BCUT2D eigenvalue weighted by Gasteiger charge is 2.16. The Labute approximate surface area is 113 Å². The van der Waals surface area contributed by atoms with E-state index in [1.165, 1.54) is 0 Å². The highest BCUT2D eigenvalue weighted by molar-refractivity contribution is 5.95. The van der Waals surface area contributed by atoms with E-state index in [-0.39, 0.29) is 0 Å². The number of aliphatic imine (C=N–C) groups is 1. The number of benzene rings is 2. The first-order valence-electron chi connectivity index (χ1n) is 6.48. The van der Waals surface area contributed by atoms with Crippen molar-refractivity contribution in [3.63, 3.8) is 0 Å². The summed E-state index contributed by atoms with van der Waals surface area (Å²) >= 11 is 0. The van der Waals surface area contributed by atoms with Gasteiger partial charge in [-0.3, -0.25) is 0 Å². The van der Waals surface area contributed by atoms with E-state index >= 15 is 0 Å². The Morgan fingerprint density at radius 2 is 1.74 bits per heavy atom. The lowest BCUT2D eigenvalue weighted by Crippen LogP contribution is -2.07. The van der Waals surface area contributed by atoms with Crippen molar-refractivity contribution in [2.24, 2.45) is 4.99 Å². The highest BCUT2D eigenvalue weighted by atomic mass is 16.5. The largest absolute Gasteiger partial charge is 0.442 e. The third kappa shape index (κ3) is 2.43. The third-order valence-corrected chi connectivity index (χ3v) is 3.04. The standard InChI is InChI=1S/C17H15NO/c1-2-17-18-15-11-7-6-10-14(15)16(19-17)12-13-8-4-3-5-9-13/h3-12H,2H2,1H3/b16-12+. The average molecular weight is 249 g/mol. The molecule has 0 aromatic heterocycles. The molecule has 94 valence electrons. The molecule has 0 aliphatic carbocycles. The number of rotatable bonds is 2. The molecule has 2 aromatic carbocycles. The minimum Gasteiger partial charge on any atom is -0.442 e. The van der Waals surface area contributed by atoms with Gasteiger partial charge in [0.25, 0.3) is 0 Å². The zero-order valence-electron chi connectivity index (χ0n) is 10.8. The molecule has 0 saturated heterocycles. The maximum Gasteiger partial charge on any atom is 0.194 e. The van der Waals surface area contributed by atoms with Crippen LogP contribution in [0.5, 0.6) is 0 Å². The van der Waals surface area contributed by atoms with Crippen LogP contribution in [0.2, 0.25) is 0 Å². The quantitative estimate of drug-likeness (QED) is 0.758. The van der Waals surface area contributed by atoms with Gasteiger partial charge in [0.2, 0.25) is 0 Å². The van der Waals surface area contributed by atoms with Crippen molar-refractivity contribution in [3.8, 4) is 0 Å². The van der Waals surface area contributed by atoms with Crippen LogP contribution in [-0.2, 0) is 4.74 Å². The zero-order chi connectivity index (χ0) is 13.1. The summed E-state index contributed by atoms with van der Waals surface area (Å²) in [5.41, 5.74) is 3.15. The number of hydrogen-bond acceptors (Lipinski definition) is 2. The number of hydrogen-bond donors (Lipinski definition) is 0. The van der Waals surface area contributed by atoms with Crippen LogP contribution >= 0.6 is 0 Å². The topological polar surface area (TPSA) is 21.6 Å². The first-order chi connectivity index (χ1) is 9.36. The van der Waals surface area contributed by atoms with Gasteiger partial charge in [-0.2, -0.15) is 0 Å². The summed E-state index contributed by atoms with van der Waals surface area (Å²) in [4.78, 5) is 4.51. The van der Waals surface area contributed by atoms with E-state index in [2.05, 4.69) is 23.2 Å². The lowest BCUT2D eigenvalue weighted by molar-refractivity contribution is 0.491. The van der Waals surface area contributed by atoms with Crippen LogP contribution in [0.3, 0.4) is 0 Å². The number of ether oxygens (including phenoxy) is 1. The Morgan fingerprint density at radius 1 is 1.00 bits per heavy atom. The zero-order valence-corrected chi connectivity index (χ0v) is 10.8. The van der Waals surface area contributed by atoms with Gasteiger partial charge in [0.05, 0.1) is 5.69 Å². The molecule has 0 atom stereocenters. The Morgan fingerprint density at radius 3 is 2.53 bits per heavy atom. The second kappa shape index (κ2) is 5.11. The summed E-state index contributed by atoms with van der Waals surface area (Å²) in [6, 6.07) is 18.3. The molecule has 0 amide bonds. The van der Waals surface area contributed by atoms with Crippen molar-refractivity contribution in [2.75, 3.05) is 0 Å². The van der Waals surface area contributed by atoms with E-state index in [4.69, 9.17) is 4.74 Å². The van der Waals surface area contributed by atoms with Crippen LogP contribution in [0.25, 0.3) is 11.8 Å². The molecule has 2 nitrogen and oxygen atoms in total. The summed E-state index contributed by atoms with van der Waals surface area (Å²) in [5, 5.41) is 0. The van der Waals surface area contributed by atoms with Crippen LogP contribution in [0.1, 0.15) is 24.5 Å². The van der Waals surface area contributed by atoms with E-state index in [1.807, 2.05) is 49.4 Å². The molecule has 0 bridgehead atoms. The minimum absolute atomic E-state index is 0.765. The van der Waals surface area contributed by atoms with Crippen LogP contribution < -0.4 is 0 Å². The molecule has 2 heteroatoms. The minimum atomic E-state index is 0.765. The fourth-order valence-corrected chi connectivity index (χ4v) is 2.08. The molecule has 1 aliphatic rings. The molecule has 1 aliphatic heterocycles. The first-order valence-corrected chi connectivity index (χ1v) is 6.48. The van der Waals surface area contributed by atoms with Crippen molar-refractivity contribution in [3.05, 3.63) is 65.7 Å². The molecule has 0 radical (unpaired) electrons. The maximum absolute atomic E-state index is 5.88. The molecule has 3 rings (SSSR count). The SMILES string of the molecule is CCC1=Nc2ccccc2/C(=C\c2ccccc2)O1. The normalized spacial score (nSPS) is 15.6. The summed E-state index contributed by atoms with van der Waals surface area (Å²) in [6.45, 7) is 2.05. The van der Waals surface area contributed by atoms with Crippen LogP contribution in [0.4, 0.5) is 5.69 Å². The highest BCUT2D eigenvalue weighted by Crippen LogP contribution is 2.33. The van der Waals surface area contributed by atoms with Crippen molar-refractivity contribution in [1.29, 1.82) is 0 Å². The van der Waals surface area contributed by atoms with E-state index in [0.717, 1.165) is 34.9 Å². The average Bonchev–Trinajstić information content (AvgIpc) is 2.48. The molecule has 2 aromatic rings. The Kier molecular flexibility index (Phi) is 3.15. The Bertz CT molecular complexity index is 641. The predicted octanol–water partition coefficient (Wildman–Crippen LogP) is 4.65. The Balaban J connectivity index is 2.08. The molecule has 19 heavy (non-hydrogen) atoms. The third-order valence-electron chi connectivity index (χ3n) is 3.04. The summed E-state index contributed by atoms with van der Waals surface area (Å²) in [5.74, 6) is 1.63. The molecule has 0 fully saturated rings. The van der Waals surface area contributed by atoms with E-state index < -0.39 is 0 Å². The Hall–Kier alpha value is -2.35. The van der Waals surface area contributed by atoms with E-state index in [0.29, 0.717) is 0 Å². The molecule has 0 saturated carbocycles. The van der Waals surface area contributed by atoms with Crippen LogP contribution in [0.15, 0.2) is 59.6 Å². The van der Waals surface area contributed by atoms with E-state index in [9.17, 15) is 0 Å². The second-order valence-electron chi connectivity index (χ2n) is 4.40. The summed E-state index contributed by atoms with van der Waals surface area (Å²) < 4.78 is 5.88. The van der Waals surface area contributed by atoms with Crippen LogP contribution in [0, 0.1) is 0 Å². The van der Waals surface area contributed by atoms with Gasteiger partial charge in [0.1, 0.15) is 5.76 Å². The second-order valence-corrected chi connectivity index (χ2v) is 4.40. The first kappa shape index (κ1) is 11.7. The van der Waals surface area contributed by atoms with Gasteiger partial charge in [-0.1, -0.05) is 49.4 Å². The fraction of sp³-hybridized carbons (Fsp3) is 0.118. The smallest absolute Gasteiger partial charge is 0.194 e. The van der Waals surface area contributed by atoms with Crippen molar-refractivity contribution >= 4 is 23.4 Å². The van der Waals surface area contributed by atoms with Gasteiger partial charge in [-0.15, -0.1) is 0 Å². The summed E-state index contributed by atoms with van der Waals surface area (Å²) in [6.07, 6.45) is 2.85. The number of para-hydroxylation sites is 1. The molecular formula is C17H15NO. The molecule has 1 heterocycles. The fourth-order valence-electron chi connectivity index (χ4n) is 2.08. The lowest BCUT2D eigenvalue weighted by atomic mass is 10.1. The van der Waals surface area contributed by atoms with Gasteiger partial charge < -0.3 is 4.74 Å². The van der Waals surface area contributed by atoms with E-state index in [1.54, 1.807) is 0 Å². The lowest BCUT2D eigenvalue weighted by Gasteiger charge is -2.18. The van der Waals surface area contributed by atoms with Crippen molar-refractivity contribution in [1.82, 2.24) is 0 Å².